The van der Waals surface area contributed by atoms with Crippen LogP contribution in [0.15, 0.2) is 18.2 Å². The van der Waals surface area contributed by atoms with E-state index in [1.54, 1.807) is 14.2 Å². The Bertz CT molecular complexity index is 548. The first-order chi connectivity index (χ1) is 12.1. The molecule has 5 heteroatoms. The molecule has 0 aromatic heterocycles. The van der Waals surface area contributed by atoms with E-state index in [1.165, 1.54) is 18.4 Å². The first-order valence-corrected chi connectivity index (χ1v) is 9.41. The Morgan fingerprint density at radius 2 is 1.64 bits per heavy atom. The minimum absolute atomic E-state index is 0.355. The van der Waals surface area contributed by atoms with Crippen molar-refractivity contribution in [2.24, 2.45) is 0 Å². The minimum Gasteiger partial charge on any atom is -0.493 e. The lowest BCUT2D eigenvalue weighted by molar-refractivity contribution is -0.0865. The number of nitrogens with zero attached hydrogens (tertiary/aromatic N) is 2. The summed E-state index contributed by atoms with van der Waals surface area (Å²) < 4.78 is 16.6. The fourth-order valence-corrected chi connectivity index (χ4v) is 4.20. The monoisotopic (exact) mass is 348 g/mol. The van der Waals surface area contributed by atoms with Gasteiger partial charge in [0.25, 0.3) is 0 Å². The van der Waals surface area contributed by atoms with Crippen LogP contribution < -0.4 is 9.47 Å². The maximum absolute atomic E-state index is 5.87. The molecule has 0 spiro atoms. The summed E-state index contributed by atoms with van der Waals surface area (Å²) in [6.45, 7) is 9.81. The van der Waals surface area contributed by atoms with E-state index in [4.69, 9.17) is 14.2 Å². The Morgan fingerprint density at radius 3 is 2.24 bits per heavy atom. The highest BCUT2D eigenvalue weighted by Crippen LogP contribution is 2.29. The number of piperidine rings is 1. The van der Waals surface area contributed by atoms with Gasteiger partial charge in [-0.1, -0.05) is 6.07 Å². The summed E-state index contributed by atoms with van der Waals surface area (Å²) in [7, 11) is 3.37. The predicted octanol–water partition coefficient (Wildman–Crippen LogP) is 2.78. The van der Waals surface area contributed by atoms with Crippen LogP contribution >= 0.6 is 0 Å². The Balaban J connectivity index is 1.52. The molecule has 0 aliphatic carbocycles. The van der Waals surface area contributed by atoms with Gasteiger partial charge in [0, 0.05) is 25.7 Å². The second kappa shape index (κ2) is 8.39. The maximum Gasteiger partial charge on any atom is 0.161 e. The summed E-state index contributed by atoms with van der Waals surface area (Å²) in [5.74, 6) is 1.60. The third-order valence-electron chi connectivity index (χ3n) is 5.38. The predicted molar refractivity (Wildman–Crippen MR) is 99.4 cm³/mol. The molecule has 0 amide bonds. The van der Waals surface area contributed by atoms with Crippen molar-refractivity contribution in [2.75, 3.05) is 40.4 Å². The van der Waals surface area contributed by atoms with E-state index in [-0.39, 0.29) is 0 Å². The van der Waals surface area contributed by atoms with Crippen LogP contribution in [0.5, 0.6) is 11.5 Å². The maximum atomic E-state index is 5.87. The molecule has 25 heavy (non-hydrogen) atoms. The molecule has 140 valence electrons. The molecule has 3 rings (SSSR count). The van der Waals surface area contributed by atoms with Gasteiger partial charge in [0.05, 0.1) is 26.4 Å². The molecule has 2 atom stereocenters. The van der Waals surface area contributed by atoms with Crippen molar-refractivity contribution in [3.63, 3.8) is 0 Å². The minimum atomic E-state index is 0.355. The smallest absolute Gasteiger partial charge is 0.161 e. The molecule has 2 aliphatic heterocycles. The van der Waals surface area contributed by atoms with Gasteiger partial charge in [0.1, 0.15) is 0 Å². The molecular weight excluding hydrogens is 316 g/mol. The molecule has 1 aromatic rings. The van der Waals surface area contributed by atoms with E-state index in [1.807, 2.05) is 6.07 Å². The van der Waals surface area contributed by atoms with Gasteiger partial charge in [-0.25, -0.2) is 0 Å². The normalized spacial score (nSPS) is 26.6. The van der Waals surface area contributed by atoms with Crippen LogP contribution in [0, 0.1) is 0 Å². The number of ether oxygens (including phenoxy) is 3. The van der Waals surface area contributed by atoms with Gasteiger partial charge in [-0.3, -0.25) is 9.80 Å². The summed E-state index contributed by atoms with van der Waals surface area (Å²) in [5.41, 5.74) is 1.28. The molecule has 2 fully saturated rings. The Morgan fingerprint density at radius 1 is 1.00 bits per heavy atom. The van der Waals surface area contributed by atoms with Crippen molar-refractivity contribution >= 4 is 0 Å². The van der Waals surface area contributed by atoms with Crippen molar-refractivity contribution in [3.8, 4) is 11.5 Å². The topological polar surface area (TPSA) is 34.2 Å². The van der Waals surface area contributed by atoms with E-state index in [2.05, 4.69) is 35.8 Å². The van der Waals surface area contributed by atoms with Crippen LogP contribution in [-0.4, -0.2) is 68.4 Å². The number of methoxy groups -OCH3 is 2. The third kappa shape index (κ3) is 4.66. The van der Waals surface area contributed by atoms with Gasteiger partial charge >= 0.3 is 0 Å². The molecule has 2 saturated heterocycles. The van der Waals surface area contributed by atoms with E-state index >= 15 is 0 Å². The number of hydrogen-bond acceptors (Lipinski definition) is 5. The molecule has 0 radical (unpaired) electrons. The van der Waals surface area contributed by atoms with Crippen molar-refractivity contribution < 1.29 is 14.2 Å². The van der Waals surface area contributed by atoms with Gasteiger partial charge in [0.2, 0.25) is 0 Å². The Kier molecular flexibility index (Phi) is 6.20. The lowest BCUT2D eigenvalue weighted by Gasteiger charge is -2.43. The number of hydrogen-bond donors (Lipinski definition) is 0. The van der Waals surface area contributed by atoms with E-state index < -0.39 is 0 Å². The Hall–Kier alpha value is -1.30. The summed E-state index contributed by atoms with van der Waals surface area (Å²) >= 11 is 0. The molecular formula is C20H32N2O3. The van der Waals surface area contributed by atoms with Gasteiger partial charge < -0.3 is 14.2 Å². The highest BCUT2D eigenvalue weighted by atomic mass is 16.5. The summed E-state index contributed by atoms with van der Waals surface area (Å²) in [6.07, 6.45) is 3.20. The highest BCUT2D eigenvalue weighted by Gasteiger charge is 2.30. The summed E-state index contributed by atoms with van der Waals surface area (Å²) in [5, 5.41) is 0. The van der Waals surface area contributed by atoms with Crippen LogP contribution in [0.3, 0.4) is 0 Å². The molecule has 2 aliphatic rings. The van der Waals surface area contributed by atoms with Gasteiger partial charge in [-0.2, -0.15) is 0 Å². The van der Waals surface area contributed by atoms with Gasteiger partial charge in [-0.15, -0.1) is 0 Å². The van der Waals surface area contributed by atoms with Crippen molar-refractivity contribution in [1.82, 2.24) is 9.80 Å². The van der Waals surface area contributed by atoms with Gasteiger partial charge in [-0.05, 0) is 57.5 Å². The van der Waals surface area contributed by atoms with Crippen molar-refractivity contribution in [2.45, 2.75) is 51.5 Å². The highest BCUT2D eigenvalue weighted by molar-refractivity contribution is 5.42. The van der Waals surface area contributed by atoms with Crippen LogP contribution in [0.2, 0.25) is 0 Å². The SMILES string of the molecule is COc1ccc(CN2CCC(N3C[C@H](C)O[C@@H](C)C3)CC2)cc1OC. The summed E-state index contributed by atoms with van der Waals surface area (Å²) in [6, 6.07) is 6.93. The fourth-order valence-electron chi connectivity index (χ4n) is 4.20. The fraction of sp³-hybridized carbons (Fsp3) is 0.700. The standard InChI is InChI=1S/C20H32N2O3/c1-15-12-22(13-16(2)25-15)18-7-9-21(10-8-18)14-17-5-6-19(23-3)20(11-17)24-4/h5-6,11,15-16,18H,7-10,12-14H2,1-4H3/t15-,16-/m0/s1. The third-order valence-corrected chi connectivity index (χ3v) is 5.38. The summed E-state index contributed by atoms with van der Waals surface area (Å²) in [4.78, 5) is 5.19. The average Bonchev–Trinajstić information content (AvgIpc) is 2.61. The zero-order chi connectivity index (χ0) is 17.8. The number of morpholine rings is 1. The average molecular weight is 348 g/mol. The number of likely N-dealkylation sites (tertiary alicyclic amines) is 1. The molecule has 0 bridgehead atoms. The zero-order valence-electron chi connectivity index (χ0n) is 16.0. The molecule has 2 heterocycles. The largest absolute Gasteiger partial charge is 0.493 e. The van der Waals surface area contributed by atoms with E-state index in [0.717, 1.165) is 44.2 Å². The molecule has 0 saturated carbocycles. The van der Waals surface area contributed by atoms with Crippen molar-refractivity contribution in [3.05, 3.63) is 23.8 Å². The lowest BCUT2D eigenvalue weighted by Crippen LogP contribution is -2.53. The van der Waals surface area contributed by atoms with Crippen LogP contribution in [0.1, 0.15) is 32.3 Å². The zero-order valence-corrected chi connectivity index (χ0v) is 16.0. The molecule has 1 aromatic carbocycles. The van der Waals surface area contributed by atoms with Crippen LogP contribution in [0.25, 0.3) is 0 Å². The van der Waals surface area contributed by atoms with E-state index in [0.29, 0.717) is 18.2 Å². The lowest BCUT2D eigenvalue weighted by atomic mass is 10.0. The van der Waals surface area contributed by atoms with Crippen molar-refractivity contribution in [1.29, 1.82) is 0 Å². The quantitative estimate of drug-likeness (QED) is 0.817. The number of benzene rings is 1. The van der Waals surface area contributed by atoms with E-state index in [9.17, 15) is 0 Å². The molecule has 5 nitrogen and oxygen atoms in total. The second-order valence-corrected chi connectivity index (χ2v) is 7.41. The van der Waals surface area contributed by atoms with Crippen LogP contribution in [0.4, 0.5) is 0 Å². The van der Waals surface area contributed by atoms with Gasteiger partial charge in [0.15, 0.2) is 11.5 Å². The molecule has 0 N–H and O–H groups in total. The molecule has 0 unspecified atom stereocenters. The van der Waals surface area contributed by atoms with Crippen LogP contribution in [-0.2, 0) is 11.3 Å². The number of rotatable bonds is 5. The second-order valence-electron chi connectivity index (χ2n) is 7.41. The first kappa shape index (κ1) is 18.5. The Labute approximate surface area is 151 Å². The first-order valence-electron chi connectivity index (χ1n) is 9.41.